The molecule has 0 saturated carbocycles. The maximum absolute atomic E-state index is 0. The Kier molecular flexibility index (Phi) is 1690000. The molecule has 12 N–H and O–H groups in total. The third-order valence-electron chi connectivity index (χ3n) is 0. The van der Waals surface area contributed by atoms with Gasteiger partial charge in [-0.15, -0.1) is 0 Å². The quantitative estimate of drug-likeness (QED) is 0.312. The van der Waals surface area contributed by atoms with Gasteiger partial charge in [-0.3, -0.25) is 0 Å². The molecular formula is H12NiO6. The molecule has 58 valence electrons. The van der Waals surface area contributed by atoms with Gasteiger partial charge in [0.25, 0.3) is 0 Å². The molecule has 7 heavy (non-hydrogen) atoms. The van der Waals surface area contributed by atoms with Crippen molar-refractivity contribution in [2.24, 2.45) is 0 Å². The van der Waals surface area contributed by atoms with Crippen LogP contribution in [0, 0.1) is 0 Å². The second-order valence-electron chi connectivity index (χ2n) is 0. The van der Waals surface area contributed by atoms with Crippen molar-refractivity contribution in [3.05, 3.63) is 0 Å². The van der Waals surface area contributed by atoms with Crippen LogP contribution in [0.1, 0.15) is 0 Å². The molecular weight excluding hydrogens is 155 g/mol. The van der Waals surface area contributed by atoms with Crippen LogP contribution in [-0.4, -0.2) is 32.9 Å². The third kappa shape index (κ3) is 1760. The first-order chi connectivity index (χ1) is 0. The molecule has 7 heteroatoms. The minimum absolute atomic E-state index is 0. The van der Waals surface area contributed by atoms with Crippen molar-refractivity contribution in [3.8, 4) is 0 Å². The Bertz CT molecular complexity index is 4.14. The van der Waals surface area contributed by atoms with Gasteiger partial charge in [-0.1, -0.05) is 0 Å². The average molecular weight is 167 g/mol. The van der Waals surface area contributed by atoms with Crippen molar-refractivity contribution in [1.82, 2.24) is 0 Å². The molecule has 0 rings (SSSR count). The summed E-state index contributed by atoms with van der Waals surface area (Å²) in [6.07, 6.45) is 0. The van der Waals surface area contributed by atoms with Crippen molar-refractivity contribution in [2.45, 2.75) is 0 Å². The first kappa shape index (κ1) is 4410. The molecule has 0 aromatic carbocycles. The second kappa shape index (κ2) is 2690. The van der Waals surface area contributed by atoms with Crippen LogP contribution in [0.2, 0.25) is 0 Å². The predicted octanol–water partition coefficient (Wildman–Crippen LogP) is -4.95. The minimum atomic E-state index is 0. The second-order valence-corrected chi connectivity index (χ2v) is 0. The van der Waals surface area contributed by atoms with Gasteiger partial charge in [-0.25, -0.2) is 0 Å². The molecule has 0 bridgehead atoms. The van der Waals surface area contributed by atoms with Crippen molar-refractivity contribution >= 4 is 0 Å². The summed E-state index contributed by atoms with van der Waals surface area (Å²) in [5.74, 6) is 0. The minimum Gasteiger partial charge on any atom is -0.412 e. The van der Waals surface area contributed by atoms with Crippen molar-refractivity contribution in [1.29, 1.82) is 0 Å². The Morgan fingerprint density at radius 2 is 0.286 bits per heavy atom. The molecule has 0 aliphatic heterocycles. The van der Waals surface area contributed by atoms with Crippen molar-refractivity contribution in [2.75, 3.05) is 0 Å². The monoisotopic (exact) mass is 166 g/mol. The summed E-state index contributed by atoms with van der Waals surface area (Å²) >= 11 is 0. The standard InChI is InChI=1S/Ni.6H2O/h;6*1H2. The van der Waals surface area contributed by atoms with E-state index in [2.05, 4.69) is 0 Å². The maximum Gasteiger partial charge on any atom is 0 e. The Labute approximate surface area is 50.3 Å². The fraction of sp³-hybridized carbons (Fsp3) is 0. The first-order valence-electron chi connectivity index (χ1n) is 0. The molecule has 0 saturated heterocycles. The summed E-state index contributed by atoms with van der Waals surface area (Å²) < 4.78 is 0. The molecule has 0 aliphatic rings. The van der Waals surface area contributed by atoms with E-state index < -0.39 is 0 Å². The van der Waals surface area contributed by atoms with Crippen LogP contribution < -0.4 is 0 Å². The summed E-state index contributed by atoms with van der Waals surface area (Å²) in [5.41, 5.74) is 0. The van der Waals surface area contributed by atoms with Crippen LogP contribution in [-0.2, 0) is 16.5 Å². The molecule has 0 aromatic rings. The van der Waals surface area contributed by atoms with Gasteiger partial charge >= 0.3 is 0 Å². The molecule has 0 heterocycles. The largest absolute Gasteiger partial charge is 0.412 e. The molecule has 0 radical (unpaired) electrons. The smallest absolute Gasteiger partial charge is 0 e. The van der Waals surface area contributed by atoms with Crippen LogP contribution in [0.25, 0.3) is 0 Å². The maximum atomic E-state index is 0. The van der Waals surface area contributed by atoms with Gasteiger partial charge in [-0.05, 0) is 0 Å². The van der Waals surface area contributed by atoms with Crippen molar-refractivity contribution in [3.63, 3.8) is 0 Å². The SMILES string of the molecule is O.O.O.O.O.O.[Ni]. The molecule has 0 aliphatic carbocycles. The van der Waals surface area contributed by atoms with Crippen LogP contribution >= 0.6 is 0 Å². The van der Waals surface area contributed by atoms with E-state index in [4.69, 9.17) is 0 Å². The fourth-order valence-electron chi connectivity index (χ4n) is 0. The summed E-state index contributed by atoms with van der Waals surface area (Å²) in [5, 5.41) is 0. The van der Waals surface area contributed by atoms with E-state index in [0.717, 1.165) is 0 Å². The fourth-order valence-corrected chi connectivity index (χ4v) is 0. The van der Waals surface area contributed by atoms with E-state index in [9.17, 15) is 0 Å². The van der Waals surface area contributed by atoms with Gasteiger partial charge < -0.3 is 32.9 Å². The van der Waals surface area contributed by atoms with E-state index in [-0.39, 0.29) is 49.3 Å². The number of hydrogen-bond donors (Lipinski definition) is 0. The topological polar surface area (TPSA) is 189 Å². The average Bonchev–Trinajstić information content (AvgIpc) is 0. The number of hydrogen-bond acceptors (Lipinski definition) is 0. The Balaban J connectivity index is 0. The normalized spacial score (nSPS) is 0. The first-order valence-corrected chi connectivity index (χ1v) is 0. The van der Waals surface area contributed by atoms with E-state index >= 15 is 0 Å². The van der Waals surface area contributed by atoms with Crippen molar-refractivity contribution < 1.29 is 49.3 Å². The zero-order chi connectivity index (χ0) is 0. The summed E-state index contributed by atoms with van der Waals surface area (Å²) in [6, 6.07) is 0. The van der Waals surface area contributed by atoms with Gasteiger partial charge in [0.2, 0.25) is 0 Å². The zero-order valence-corrected chi connectivity index (χ0v) is 4.30. The molecule has 6 nitrogen and oxygen atoms in total. The van der Waals surface area contributed by atoms with E-state index in [1.807, 2.05) is 0 Å². The summed E-state index contributed by atoms with van der Waals surface area (Å²) in [7, 11) is 0. The Morgan fingerprint density at radius 3 is 0.286 bits per heavy atom. The van der Waals surface area contributed by atoms with Gasteiger partial charge in [-0.2, -0.15) is 0 Å². The van der Waals surface area contributed by atoms with E-state index in [1.165, 1.54) is 0 Å². The van der Waals surface area contributed by atoms with Gasteiger partial charge in [0.05, 0.1) is 0 Å². The third-order valence-corrected chi connectivity index (χ3v) is 0. The molecule has 0 fully saturated rings. The van der Waals surface area contributed by atoms with E-state index in [1.54, 1.807) is 0 Å². The predicted molar refractivity (Wildman–Crippen MR) is 21.7 cm³/mol. The van der Waals surface area contributed by atoms with E-state index in [0.29, 0.717) is 0 Å². The Hall–Kier alpha value is 0.254. The molecule has 0 unspecified atom stereocenters. The van der Waals surface area contributed by atoms with Gasteiger partial charge in [0.15, 0.2) is 0 Å². The summed E-state index contributed by atoms with van der Waals surface area (Å²) in [4.78, 5) is 0. The van der Waals surface area contributed by atoms with Crippen LogP contribution in [0.5, 0.6) is 0 Å². The molecule has 0 spiro atoms. The Morgan fingerprint density at radius 1 is 0.286 bits per heavy atom. The van der Waals surface area contributed by atoms with Crippen LogP contribution in [0.4, 0.5) is 0 Å². The molecule has 0 aromatic heterocycles. The number of rotatable bonds is 0. The van der Waals surface area contributed by atoms with Crippen LogP contribution in [0.3, 0.4) is 0 Å². The van der Waals surface area contributed by atoms with Gasteiger partial charge in [0.1, 0.15) is 0 Å². The summed E-state index contributed by atoms with van der Waals surface area (Å²) in [6.45, 7) is 0. The molecule has 0 atom stereocenters. The molecule has 0 amide bonds. The zero-order valence-electron chi connectivity index (χ0n) is 3.32. The van der Waals surface area contributed by atoms with Gasteiger partial charge in [0, 0.05) is 16.5 Å². The van der Waals surface area contributed by atoms with Crippen LogP contribution in [0.15, 0.2) is 0 Å².